The molecule has 1 saturated carbocycles. The molecule has 0 radical (unpaired) electrons. The van der Waals surface area contributed by atoms with Crippen LogP contribution in [-0.4, -0.2) is 17.0 Å². The summed E-state index contributed by atoms with van der Waals surface area (Å²) in [6, 6.07) is 2.88. The van der Waals surface area contributed by atoms with Gasteiger partial charge in [-0.25, -0.2) is 4.79 Å². The number of nitro benzene ring substituents is 1. The van der Waals surface area contributed by atoms with Gasteiger partial charge in [-0.1, -0.05) is 19.3 Å². The van der Waals surface area contributed by atoms with Crippen LogP contribution in [0.4, 0.5) is 16.2 Å². The predicted molar refractivity (Wildman–Crippen MR) is 84.6 cm³/mol. The fourth-order valence-corrected chi connectivity index (χ4v) is 3.10. The van der Waals surface area contributed by atoms with Crippen LogP contribution in [0.15, 0.2) is 16.6 Å². The highest BCUT2D eigenvalue weighted by molar-refractivity contribution is 9.10. The van der Waals surface area contributed by atoms with E-state index in [1.54, 1.807) is 13.0 Å². The van der Waals surface area contributed by atoms with Crippen molar-refractivity contribution in [1.82, 2.24) is 5.32 Å². The number of nitrogens with one attached hydrogen (secondary N) is 2. The van der Waals surface area contributed by atoms with E-state index in [2.05, 4.69) is 26.6 Å². The smallest absolute Gasteiger partial charge is 0.319 e. The minimum atomic E-state index is -0.452. The van der Waals surface area contributed by atoms with Gasteiger partial charge in [0.1, 0.15) is 0 Å². The lowest BCUT2D eigenvalue weighted by atomic mass is 9.96. The molecule has 2 amide bonds. The Morgan fingerprint density at radius 3 is 2.62 bits per heavy atom. The normalized spacial score (nSPS) is 15.5. The first kappa shape index (κ1) is 15.8. The number of hydrogen-bond donors (Lipinski definition) is 2. The molecule has 0 saturated heterocycles. The molecule has 2 N–H and O–H groups in total. The molecule has 21 heavy (non-hydrogen) atoms. The predicted octanol–water partition coefficient (Wildman–Crippen LogP) is 4.12. The molecule has 1 aromatic carbocycles. The minimum absolute atomic E-state index is 0.00818. The molecule has 1 aliphatic rings. The summed E-state index contributed by atoms with van der Waals surface area (Å²) in [5.74, 6) is 0. The van der Waals surface area contributed by atoms with E-state index in [1.165, 1.54) is 12.5 Å². The van der Waals surface area contributed by atoms with Gasteiger partial charge in [0.05, 0.1) is 10.6 Å². The van der Waals surface area contributed by atoms with E-state index in [1.807, 2.05) is 0 Å². The minimum Gasteiger partial charge on any atom is -0.335 e. The standard InChI is InChI=1S/C14H18BrN3O3/c1-9-7-11(15)12(8-13(9)18(20)21)17-14(19)16-10-5-3-2-4-6-10/h7-8,10H,2-6H2,1H3,(H2,16,17,19). The van der Waals surface area contributed by atoms with Gasteiger partial charge in [0, 0.05) is 22.1 Å². The number of amides is 2. The second-order valence-corrected chi connectivity index (χ2v) is 6.16. The van der Waals surface area contributed by atoms with Gasteiger partial charge in [-0.15, -0.1) is 0 Å². The van der Waals surface area contributed by atoms with Gasteiger partial charge >= 0.3 is 6.03 Å². The molecular weight excluding hydrogens is 338 g/mol. The summed E-state index contributed by atoms with van der Waals surface area (Å²) >= 11 is 3.32. The molecule has 6 nitrogen and oxygen atoms in total. The van der Waals surface area contributed by atoms with Crippen LogP contribution in [-0.2, 0) is 0 Å². The zero-order valence-corrected chi connectivity index (χ0v) is 13.4. The summed E-state index contributed by atoms with van der Waals surface area (Å²) in [5.41, 5.74) is 0.942. The van der Waals surface area contributed by atoms with E-state index >= 15 is 0 Å². The van der Waals surface area contributed by atoms with E-state index in [0.717, 1.165) is 25.7 Å². The van der Waals surface area contributed by atoms with Gasteiger partial charge in [0.25, 0.3) is 5.69 Å². The third kappa shape index (κ3) is 4.17. The highest BCUT2D eigenvalue weighted by atomic mass is 79.9. The van der Waals surface area contributed by atoms with Crippen LogP contribution in [0, 0.1) is 17.0 Å². The van der Waals surface area contributed by atoms with Gasteiger partial charge in [-0.05, 0) is 41.8 Å². The van der Waals surface area contributed by atoms with Crippen LogP contribution in [0.1, 0.15) is 37.7 Å². The van der Waals surface area contributed by atoms with Crippen LogP contribution in [0.25, 0.3) is 0 Å². The van der Waals surface area contributed by atoms with Crippen molar-refractivity contribution in [1.29, 1.82) is 0 Å². The number of carbonyl (C=O) groups excluding carboxylic acids is 1. The van der Waals surface area contributed by atoms with E-state index in [9.17, 15) is 14.9 Å². The highest BCUT2D eigenvalue weighted by Crippen LogP contribution is 2.30. The van der Waals surface area contributed by atoms with Crippen molar-refractivity contribution in [2.75, 3.05) is 5.32 Å². The first-order chi connectivity index (χ1) is 9.97. The fourth-order valence-electron chi connectivity index (χ4n) is 2.54. The van der Waals surface area contributed by atoms with Crippen LogP contribution in [0.5, 0.6) is 0 Å². The molecule has 0 aromatic heterocycles. The van der Waals surface area contributed by atoms with Crippen LogP contribution >= 0.6 is 15.9 Å². The first-order valence-electron chi connectivity index (χ1n) is 6.99. The Morgan fingerprint density at radius 1 is 1.33 bits per heavy atom. The van der Waals surface area contributed by atoms with Gasteiger partial charge in [0.2, 0.25) is 0 Å². The first-order valence-corrected chi connectivity index (χ1v) is 7.78. The van der Waals surface area contributed by atoms with Crippen LogP contribution < -0.4 is 10.6 Å². The highest BCUT2D eigenvalue weighted by Gasteiger charge is 2.18. The summed E-state index contributed by atoms with van der Waals surface area (Å²) in [4.78, 5) is 22.5. The molecule has 0 heterocycles. The van der Waals surface area contributed by atoms with Crippen molar-refractivity contribution in [2.45, 2.75) is 45.1 Å². The molecule has 1 aliphatic carbocycles. The number of anilines is 1. The Morgan fingerprint density at radius 2 is 2.00 bits per heavy atom. The largest absolute Gasteiger partial charge is 0.335 e. The molecule has 2 rings (SSSR count). The topological polar surface area (TPSA) is 84.3 Å². The average molecular weight is 356 g/mol. The molecule has 114 valence electrons. The number of benzene rings is 1. The van der Waals surface area contributed by atoms with Crippen LogP contribution in [0.2, 0.25) is 0 Å². The monoisotopic (exact) mass is 355 g/mol. The third-order valence-corrected chi connectivity index (χ3v) is 4.33. The summed E-state index contributed by atoms with van der Waals surface area (Å²) in [6.07, 6.45) is 5.45. The summed E-state index contributed by atoms with van der Waals surface area (Å²) < 4.78 is 0.629. The van der Waals surface area contributed by atoms with Crippen molar-refractivity contribution < 1.29 is 9.72 Å². The van der Waals surface area contributed by atoms with Gasteiger partial charge in [-0.2, -0.15) is 0 Å². The van der Waals surface area contributed by atoms with Crippen molar-refractivity contribution in [2.24, 2.45) is 0 Å². The molecule has 0 bridgehead atoms. The molecular formula is C14H18BrN3O3. The van der Waals surface area contributed by atoms with Crippen molar-refractivity contribution in [3.8, 4) is 0 Å². The van der Waals surface area contributed by atoms with Gasteiger partial charge in [0.15, 0.2) is 0 Å². The average Bonchev–Trinajstić information content (AvgIpc) is 2.42. The maximum absolute atomic E-state index is 12.0. The number of nitro groups is 1. The molecule has 1 aromatic rings. The Balaban J connectivity index is 2.06. The number of halogens is 1. The summed E-state index contributed by atoms with van der Waals surface area (Å²) in [7, 11) is 0. The SMILES string of the molecule is Cc1cc(Br)c(NC(=O)NC2CCCCC2)cc1[N+](=O)[O-]. The van der Waals surface area contributed by atoms with E-state index in [4.69, 9.17) is 0 Å². The van der Waals surface area contributed by atoms with Crippen LogP contribution in [0.3, 0.4) is 0 Å². The maximum atomic E-state index is 12.0. The number of rotatable bonds is 3. The number of hydrogen-bond acceptors (Lipinski definition) is 3. The van der Waals surface area contributed by atoms with Gasteiger partial charge in [-0.3, -0.25) is 10.1 Å². The fraction of sp³-hybridized carbons (Fsp3) is 0.500. The lowest BCUT2D eigenvalue weighted by Crippen LogP contribution is -2.39. The summed E-state index contributed by atoms with van der Waals surface area (Å²) in [6.45, 7) is 1.66. The van der Waals surface area contributed by atoms with Gasteiger partial charge < -0.3 is 10.6 Å². The molecule has 0 aliphatic heterocycles. The Labute approximate surface area is 131 Å². The molecule has 0 unspecified atom stereocenters. The molecule has 1 fully saturated rings. The molecule has 0 spiro atoms. The van der Waals surface area contributed by atoms with E-state index in [-0.39, 0.29) is 17.8 Å². The quantitative estimate of drug-likeness (QED) is 0.631. The maximum Gasteiger partial charge on any atom is 0.319 e. The zero-order valence-electron chi connectivity index (χ0n) is 11.8. The second-order valence-electron chi connectivity index (χ2n) is 5.31. The zero-order chi connectivity index (χ0) is 15.4. The lowest BCUT2D eigenvalue weighted by Gasteiger charge is -2.23. The van der Waals surface area contributed by atoms with Crippen molar-refractivity contribution >= 4 is 33.3 Å². The third-order valence-electron chi connectivity index (χ3n) is 3.67. The van der Waals surface area contributed by atoms with E-state index < -0.39 is 4.92 Å². The number of carbonyl (C=O) groups is 1. The summed E-state index contributed by atoms with van der Waals surface area (Å²) in [5, 5.41) is 16.5. The number of nitrogens with zero attached hydrogens (tertiary/aromatic N) is 1. The lowest BCUT2D eigenvalue weighted by molar-refractivity contribution is -0.385. The van der Waals surface area contributed by atoms with Crippen molar-refractivity contribution in [3.05, 3.63) is 32.3 Å². The Kier molecular flexibility index (Phi) is 5.17. The Hall–Kier alpha value is -1.63. The van der Waals surface area contributed by atoms with E-state index in [0.29, 0.717) is 15.7 Å². The second kappa shape index (κ2) is 6.89. The number of urea groups is 1. The number of aryl methyl sites for hydroxylation is 1. The molecule has 7 heteroatoms. The molecule has 0 atom stereocenters. The van der Waals surface area contributed by atoms with Crippen molar-refractivity contribution in [3.63, 3.8) is 0 Å². The Bertz CT molecular complexity index is 557.